The van der Waals surface area contributed by atoms with Crippen molar-refractivity contribution in [2.24, 2.45) is 5.92 Å². The molecule has 2 unspecified atom stereocenters. The molecule has 5 nitrogen and oxygen atoms in total. The summed E-state index contributed by atoms with van der Waals surface area (Å²) in [5.41, 5.74) is 0. The number of cyclic esters (lactones) is 1. The molecule has 0 aliphatic carbocycles. The number of carbonyl (C=O) groups excluding carboxylic acids is 2. The molecule has 5 heteroatoms. The third-order valence-electron chi connectivity index (χ3n) is 2.25. The van der Waals surface area contributed by atoms with Gasteiger partial charge < -0.3 is 14.2 Å². The lowest BCUT2D eigenvalue weighted by molar-refractivity contribution is -0.156. The molecule has 2 atom stereocenters. The monoisotopic (exact) mass is 228 g/mol. The summed E-state index contributed by atoms with van der Waals surface area (Å²) < 4.78 is 14.9. The Balaban J connectivity index is 2.56. The van der Waals surface area contributed by atoms with Crippen molar-refractivity contribution in [1.29, 1.82) is 0 Å². The lowest BCUT2D eigenvalue weighted by Gasteiger charge is -2.12. The Bertz CT molecular complexity index is 297. The quantitative estimate of drug-likeness (QED) is 0.399. The van der Waals surface area contributed by atoms with E-state index >= 15 is 0 Å². The van der Waals surface area contributed by atoms with E-state index in [9.17, 15) is 9.59 Å². The molecule has 1 aliphatic heterocycles. The van der Waals surface area contributed by atoms with Gasteiger partial charge in [0.1, 0.15) is 5.76 Å². The highest BCUT2D eigenvalue weighted by Gasteiger charge is 2.42. The molecule has 1 saturated heterocycles. The highest BCUT2D eigenvalue weighted by molar-refractivity contribution is 5.96. The zero-order valence-electron chi connectivity index (χ0n) is 9.52. The van der Waals surface area contributed by atoms with Crippen molar-refractivity contribution in [3.05, 3.63) is 12.3 Å². The van der Waals surface area contributed by atoms with Crippen LogP contribution in [0.3, 0.4) is 0 Å². The second-order valence-electron chi connectivity index (χ2n) is 3.37. The molecule has 0 N–H and O–H groups in total. The van der Waals surface area contributed by atoms with Crippen LogP contribution in [0, 0.1) is 5.92 Å². The first-order chi connectivity index (χ1) is 7.60. The lowest BCUT2D eigenvalue weighted by atomic mass is 10.0. The van der Waals surface area contributed by atoms with Gasteiger partial charge in [-0.3, -0.25) is 9.59 Å². The Morgan fingerprint density at radius 3 is 2.62 bits per heavy atom. The standard InChI is InChI=1S/C11H16O5/c1-4-14-7(3)9-6-8(11(13)16-9)10(12)15-5-2/h8-9H,3-6H2,1-2H3. The molecular weight excluding hydrogens is 212 g/mol. The normalized spacial score (nSPS) is 23.8. The van der Waals surface area contributed by atoms with Crippen molar-refractivity contribution < 1.29 is 23.8 Å². The fourth-order valence-electron chi connectivity index (χ4n) is 1.49. The minimum absolute atomic E-state index is 0.247. The predicted molar refractivity (Wildman–Crippen MR) is 55.4 cm³/mol. The van der Waals surface area contributed by atoms with Gasteiger partial charge in [-0.15, -0.1) is 0 Å². The average Bonchev–Trinajstić information content (AvgIpc) is 2.61. The molecule has 0 aromatic carbocycles. The molecule has 0 bridgehead atoms. The van der Waals surface area contributed by atoms with Crippen molar-refractivity contribution in [1.82, 2.24) is 0 Å². The van der Waals surface area contributed by atoms with Gasteiger partial charge >= 0.3 is 11.9 Å². The Labute approximate surface area is 94.4 Å². The molecule has 0 saturated carbocycles. The first-order valence-electron chi connectivity index (χ1n) is 5.28. The first kappa shape index (κ1) is 12.5. The van der Waals surface area contributed by atoms with Gasteiger partial charge in [-0.2, -0.15) is 0 Å². The minimum Gasteiger partial charge on any atom is -0.495 e. The minimum atomic E-state index is -0.845. The van der Waals surface area contributed by atoms with Gasteiger partial charge in [0, 0.05) is 6.42 Å². The summed E-state index contributed by atoms with van der Waals surface area (Å²) in [6.45, 7) is 7.85. The van der Waals surface area contributed by atoms with E-state index in [0.717, 1.165) is 0 Å². The summed E-state index contributed by atoms with van der Waals surface area (Å²) in [5.74, 6) is -1.58. The molecule has 90 valence electrons. The van der Waals surface area contributed by atoms with Crippen LogP contribution in [0.1, 0.15) is 20.3 Å². The third kappa shape index (κ3) is 2.74. The molecule has 0 radical (unpaired) electrons. The Hall–Kier alpha value is -1.52. The first-order valence-corrected chi connectivity index (χ1v) is 5.28. The third-order valence-corrected chi connectivity index (χ3v) is 2.25. The highest BCUT2D eigenvalue weighted by atomic mass is 16.6. The molecule has 1 aliphatic rings. The van der Waals surface area contributed by atoms with E-state index in [-0.39, 0.29) is 13.0 Å². The van der Waals surface area contributed by atoms with Gasteiger partial charge in [-0.25, -0.2) is 0 Å². The van der Waals surface area contributed by atoms with Gasteiger partial charge in [0.05, 0.1) is 13.2 Å². The van der Waals surface area contributed by atoms with Crippen LogP contribution in [-0.2, 0) is 23.8 Å². The van der Waals surface area contributed by atoms with Crippen LogP contribution in [0.5, 0.6) is 0 Å². The van der Waals surface area contributed by atoms with E-state index < -0.39 is 24.0 Å². The molecule has 0 amide bonds. The van der Waals surface area contributed by atoms with Crippen LogP contribution in [0.25, 0.3) is 0 Å². The Kier molecular flexibility index (Phi) is 4.34. The number of carbonyl (C=O) groups is 2. The van der Waals surface area contributed by atoms with Crippen molar-refractivity contribution in [2.75, 3.05) is 13.2 Å². The van der Waals surface area contributed by atoms with Gasteiger partial charge in [0.2, 0.25) is 0 Å². The molecule has 1 rings (SSSR count). The van der Waals surface area contributed by atoms with Crippen LogP contribution in [0.15, 0.2) is 12.3 Å². The van der Waals surface area contributed by atoms with Crippen molar-refractivity contribution in [2.45, 2.75) is 26.4 Å². The van der Waals surface area contributed by atoms with E-state index in [1.54, 1.807) is 6.92 Å². The van der Waals surface area contributed by atoms with E-state index in [0.29, 0.717) is 12.4 Å². The molecule has 1 heterocycles. The largest absolute Gasteiger partial charge is 0.495 e. The summed E-state index contributed by atoms with van der Waals surface area (Å²) in [7, 11) is 0. The smallest absolute Gasteiger partial charge is 0.321 e. The Morgan fingerprint density at radius 1 is 1.44 bits per heavy atom. The average molecular weight is 228 g/mol. The SMILES string of the molecule is C=C(OCC)C1CC(C(=O)OCC)C(=O)O1. The van der Waals surface area contributed by atoms with Crippen LogP contribution >= 0.6 is 0 Å². The van der Waals surface area contributed by atoms with Crippen LogP contribution in [-0.4, -0.2) is 31.3 Å². The summed E-state index contributed by atoms with van der Waals surface area (Å²) in [6.07, 6.45) is -0.293. The molecule has 16 heavy (non-hydrogen) atoms. The van der Waals surface area contributed by atoms with Crippen molar-refractivity contribution in [3.8, 4) is 0 Å². The van der Waals surface area contributed by atoms with Crippen LogP contribution in [0.4, 0.5) is 0 Å². The molecule has 0 aromatic rings. The fraction of sp³-hybridized carbons (Fsp3) is 0.636. The molecule has 0 spiro atoms. The van der Waals surface area contributed by atoms with Gasteiger partial charge in [-0.1, -0.05) is 6.58 Å². The van der Waals surface area contributed by atoms with Gasteiger partial charge in [-0.05, 0) is 13.8 Å². The summed E-state index contributed by atoms with van der Waals surface area (Å²) >= 11 is 0. The summed E-state index contributed by atoms with van der Waals surface area (Å²) in [5, 5.41) is 0. The van der Waals surface area contributed by atoms with E-state index in [1.165, 1.54) is 0 Å². The summed E-state index contributed by atoms with van der Waals surface area (Å²) in [4.78, 5) is 22.8. The maximum absolute atomic E-state index is 11.4. The maximum atomic E-state index is 11.4. The molecule has 0 aromatic heterocycles. The molecular formula is C11H16O5. The fourth-order valence-corrected chi connectivity index (χ4v) is 1.49. The Morgan fingerprint density at radius 2 is 2.06 bits per heavy atom. The number of hydrogen-bond donors (Lipinski definition) is 0. The van der Waals surface area contributed by atoms with Gasteiger partial charge in [0.25, 0.3) is 0 Å². The van der Waals surface area contributed by atoms with Crippen LogP contribution < -0.4 is 0 Å². The second kappa shape index (κ2) is 5.53. The van der Waals surface area contributed by atoms with Crippen LogP contribution in [0.2, 0.25) is 0 Å². The van der Waals surface area contributed by atoms with Gasteiger partial charge in [0.15, 0.2) is 12.0 Å². The predicted octanol–water partition coefficient (Wildman–Crippen LogP) is 1.03. The maximum Gasteiger partial charge on any atom is 0.321 e. The van der Waals surface area contributed by atoms with E-state index in [2.05, 4.69) is 6.58 Å². The van der Waals surface area contributed by atoms with Crippen molar-refractivity contribution in [3.63, 3.8) is 0 Å². The zero-order chi connectivity index (χ0) is 12.1. The van der Waals surface area contributed by atoms with E-state index in [4.69, 9.17) is 14.2 Å². The number of rotatable bonds is 5. The number of ether oxygens (including phenoxy) is 3. The number of hydrogen-bond acceptors (Lipinski definition) is 5. The second-order valence-corrected chi connectivity index (χ2v) is 3.37. The molecule has 1 fully saturated rings. The number of esters is 2. The highest BCUT2D eigenvalue weighted by Crippen LogP contribution is 2.27. The zero-order valence-corrected chi connectivity index (χ0v) is 9.52. The summed E-state index contributed by atoms with van der Waals surface area (Å²) in [6, 6.07) is 0. The van der Waals surface area contributed by atoms with E-state index in [1.807, 2.05) is 6.92 Å². The van der Waals surface area contributed by atoms with Crippen molar-refractivity contribution >= 4 is 11.9 Å². The topological polar surface area (TPSA) is 61.8 Å². The lowest BCUT2D eigenvalue weighted by Crippen LogP contribution is -2.21.